The van der Waals surface area contributed by atoms with Crippen molar-refractivity contribution in [2.45, 2.75) is 26.9 Å². The van der Waals surface area contributed by atoms with Gasteiger partial charge in [-0.05, 0) is 12.1 Å². The van der Waals surface area contributed by atoms with Crippen molar-refractivity contribution in [3.05, 3.63) is 35.4 Å². The average molecular weight is 258 g/mol. The smallest absolute Gasteiger partial charge is 0.290 e. The van der Waals surface area contributed by atoms with Crippen LogP contribution in [0, 0.1) is 5.41 Å². The Bertz CT molecular complexity index is 464. The van der Waals surface area contributed by atoms with Crippen molar-refractivity contribution in [2.75, 3.05) is 0 Å². The van der Waals surface area contributed by atoms with Gasteiger partial charge in [-0.15, -0.1) is 0 Å². The fourth-order valence-electron chi connectivity index (χ4n) is 1.28. The third kappa shape index (κ3) is 3.18. The Morgan fingerprint density at radius 2 is 1.39 bits per heavy atom. The van der Waals surface area contributed by atoms with Crippen LogP contribution in [-0.4, -0.2) is 11.6 Å². The molecular formula is C13H13F3O2. The van der Waals surface area contributed by atoms with E-state index in [1.54, 1.807) is 20.8 Å². The van der Waals surface area contributed by atoms with Crippen LogP contribution >= 0.6 is 0 Å². The number of ketones is 2. The average Bonchev–Trinajstić information content (AvgIpc) is 2.25. The molecule has 0 saturated heterocycles. The summed E-state index contributed by atoms with van der Waals surface area (Å²) in [6, 6.07) is 3.63. The molecule has 0 atom stereocenters. The fourth-order valence-corrected chi connectivity index (χ4v) is 1.28. The Labute approximate surface area is 103 Å². The molecule has 1 aromatic rings. The number of rotatable bonds is 2. The Balaban J connectivity index is 3.00. The summed E-state index contributed by atoms with van der Waals surface area (Å²) in [6.07, 6.45) is -4.45. The van der Waals surface area contributed by atoms with Crippen LogP contribution < -0.4 is 0 Å². The summed E-state index contributed by atoms with van der Waals surface area (Å²) < 4.78 is 36.9. The highest BCUT2D eigenvalue weighted by Gasteiger charge is 2.32. The van der Waals surface area contributed by atoms with Gasteiger partial charge in [0.05, 0.1) is 5.56 Å². The second kappa shape index (κ2) is 4.55. The maximum Gasteiger partial charge on any atom is 0.416 e. The number of hydrogen-bond donors (Lipinski definition) is 0. The van der Waals surface area contributed by atoms with Gasteiger partial charge in [0.2, 0.25) is 11.6 Å². The highest BCUT2D eigenvalue weighted by molar-refractivity contribution is 6.45. The van der Waals surface area contributed by atoms with E-state index in [0.717, 1.165) is 24.3 Å². The van der Waals surface area contributed by atoms with Crippen molar-refractivity contribution < 1.29 is 22.8 Å². The largest absolute Gasteiger partial charge is 0.416 e. The van der Waals surface area contributed by atoms with Crippen molar-refractivity contribution in [1.82, 2.24) is 0 Å². The zero-order chi connectivity index (χ0) is 14.1. The van der Waals surface area contributed by atoms with E-state index >= 15 is 0 Å². The van der Waals surface area contributed by atoms with E-state index in [9.17, 15) is 22.8 Å². The van der Waals surface area contributed by atoms with Crippen LogP contribution in [0.3, 0.4) is 0 Å². The summed E-state index contributed by atoms with van der Waals surface area (Å²) in [5.41, 5.74) is -1.72. The standard InChI is InChI=1S/C13H13F3O2/c1-12(2,3)11(18)10(17)8-4-6-9(7-5-8)13(14,15)16/h4-7H,1-3H3. The van der Waals surface area contributed by atoms with E-state index in [1.165, 1.54) is 0 Å². The number of hydrogen-bond acceptors (Lipinski definition) is 2. The third-order valence-electron chi connectivity index (χ3n) is 2.36. The first-order valence-corrected chi connectivity index (χ1v) is 5.30. The summed E-state index contributed by atoms with van der Waals surface area (Å²) in [4.78, 5) is 23.4. The van der Waals surface area contributed by atoms with Crippen LogP contribution in [0.2, 0.25) is 0 Å². The predicted octanol–water partition coefficient (Wildman–Crippen LogP) is 3.50. The van der Waals surface area contributed by atoms with Crippen LogP contribution in [0.15, 0.2) is 24.3 Å². The highest BCUT2D eigenvalue weighted by Crippen LogP contribution is 2.29. The molecule has 2 nitrogen and oxygen atoms in total. The van der Waals surface area contributed by atoms with Crippen LogP contribution in [0.1, 0.15) is 36.7 Å². The van der Waals surface area contributed by atoms with Gasteiger partial charge >= 0.3 is 6.18 Å². The van der Waals surface area contributed by atoms with Gasteiger partial charge in [-0.1, -0.05) is 32.9 Å². The fraction of sp³-hybridized carbons (Fsp3) is 0.385. The summed E-state index contributed by atoms with van der Waals surface area (Å²) in [5, 5.41) is 0. The van der Waals surface area contributed by atoms with Crippen LogP contribution in [0.5, 0.6) is 0 Å². The van der Waals surface area contributed by atoms with Gasteiger partial charge in [-0.25, -0.2) is 0 Å². The van der Waals surface area contributed by atoms with Crippen LogP contribution in [0.4, 0.5) is 13.2 Å². The topological polar surface area (TPSA) is 34.1 Å². The third-order valence-corrected chi connectivity index (χ3v) is 2.36. The van der Waals surface area contributed by atoms with Crippen LogP contribution in [0.25, 0.3) is 0 Å². The van der Waals surface area contributed by atoms with Crippen LogP contribution in [-0.2, 0) is 11.0 Å². The molecule has 0 aliphatic carbocycles. The van der Waals surface area contributed by atoms with E-state index in [0.29, 0.717) is 0 Å². The Morgan fingerprint density at radius 1 is 0.944 bits per heavy atom. The Morgan fingerprint density at radius 3 is 1.72 bits per heavy atom. The molecule has 1 aromatic carbocycles. The maximum atomic E-state index is 12.3. The lowest BCUT2D eigenvalue weighted by Crippen LogP contribution is -2.28. The number of halogens is 3. The van der Waals surface area contributed by atoms with Gasteiger partial charge in [-0.3, -0.25) is 9.59 Å². The molecule has 0 heterocycles. The summed E-state index contributed by atoms with van der Waals surface area (Å²) >= 11 is 0. The molecule has 18 heavy (non-hydrogen) atoms. The van der Waals surface area contributed by atoms with Gasteiger partial charge in [-0.2, -0.15) is 13.2 Å². The molecule has 98 valence electrons. The molecule has 0 saturated carbocycles. The number of Topliss-reactive ketones (excluding diaryl/α,β-unsaturated/α-hetero) is 2. The lowest BCUT2D eigenvalue weighted by Gasteiger charge is -2.15. The number of benzene rings is 1. The molecule has 5 heteroatoms. The van der Waals surface area contributed by atoms with E-state index < -0.39 is 28.7 Å². The molecule has 0 amide bonds. The zero-order valence-electron chi connectivity index (χ0n) is 10.3. The van der Waals surface area contributed by atoms with E-state index in [2.05, 4.69) is 0 Å². The highest BCUT2D eigenvalue weighted by atomic mass is 19.4. The molecule has 0 bridgehead atoms. The molecule has 0 radical (unpaired) electrons. The normalized spacial score (nSPS) is 12.3. The van der Waals surface area contributed by atoms with Gasteiger partial charge in [0, 0.05) is 11.0 Å². The molecular weight excluding hydrogens is 245 g/mol. The Hall–Kier alpha value is -1.65. The number of carbonyl (C=O) groups is 2. The van der Waals surface area contributed by atoms with E-state index in [-0.39, 0.29) is 5.56 Å². The van der Waals surface area contributed by atoms with Gasteiger partial charge in [0.15, 0.2) is 0 Å². The Kier molecular flexibility index (Phi) is 3.64. The number of alkyl halides is 3. The summed E-state index contributed by atoms with van der Waals surface area (Å²) in [5.74, 6) is -1.39. The quantitative estimate of drug-likeness (QED) is 0.601. The second-order valence-electron chi connectivity index (χ2n) is 4.98. The molecule has 0 fully saturated rings. The first-order valence-electron chi connectivity index (χ1n) is 5.30. The SMILES string of the molecule is CC(C)(C)C(=O)C(=O)c1ccc(C(F)(F)F)cc1. The first-order chi connectivity index (χ1) is 8.03. The molecule has 1 rings (SSSR count). The zero-order valence-corrected chi connectivity index (χ0v) is 10.3. The molecule has 0 aliphatic heterocycles. The molecule has 0 spiro atoms. The summed E-state index contributed by atoms with van der Waals surface area (Å²) in [7, 11) is 0. The van der Waals surface area contributed by atoms with Gasteiger partial charge < -0.3 is 0 Å². The van der Waals surface area contributed by atoms with E-state index in [1.807, 2.05) is 0 Å². The number of carbonyl (C=O) groups excluding carboxylic acids is 2. The van der Waals surface area contributed by atoms with Crippen molar-refractivity contribution in [3.8, 4) is 0 Å². The minimum atomic E-state index is -4.45. The first kappa shape index (κ1) is 14.4. The second-order valence-corrected chi connectivity index (χ2v) is 4.98. The monoisotopic (exact) mass is 258 g/mol. The minimum Gasteiger partial charge on any atom is -0.290 e. The van der Waals surface area contributed by atoms with Gasteiger partial charge in [0.25, 0.3) is 0 Å². The lowest BCUT2D eigenvalue weighted by atomic mass is 9.86. The van der Waals surface area contributed by atoms with Crippen molar-refractivity contribution in [1.29, 1.82) is 0 Å². The summed E-state index contributed by atoms with van der Waals surface area (Å²) in [6.45, 7) is 4.74. The van der Waals surface area contributed by atoms with Crippen molar-refractivity contribution in [2.24, 2.45) is 5.41 Å². The maximum absolute atomic E-state index is 12.3. The predicted molar refractivity (Wildman–Crippen MR) is 60.2 cm³/mol. The van der Waals surface area contributed by atoms with E-state index in [4.69, 9.17) is 0 Å². The lowest BCUT2D eigenvalue weighted by molar-refractivity contribution is -0.137. The molecule has 0 aliphatic rings. The molecule has 0 unspecified atom stereocenters. The molecule has 0 N–H and O–H groups in total. The van der Waals surface area contributed by atoms with Gasteiger partial charge in [0.1, 0.15) is 0 Å². The minimum absolute atomic E-state index is 0.0251. The van der Waals surface area contributed by atoms with Crippen molar-refractivity contribution in [3.63, 3.8) is 0 Å². The van der Waals surface area contributed by atoms with Crippen molar-refractivity contribution >= 4 is 11.6 Å². The molecule has 0 aromatic heterocycles.